The number of hydrogen-bond acceptors (Lipinski definition) is 2. The predicted molar refractivity (Wildman–Crippen MR) is 53.3 cm³/mol. The SMILES string of the molecule is CC(N=C=O)C1CCC(C)(C)CC1. The standard InChI is InChI=1S/C11H19NO/c1-9(12-8-13)10-4-6-11(2,3)7-5-10/h9-10H,4-7H2,1-3H3. The first-order valence-electron chi connectivity index (χ1n) is 5.12. The van der Waals surface area contributed by atoms with E-state index in [0.717, 1.165) is 0 Å². The number of nitrogens with zero attached hydrogens (tertiary/aromatic N) is 1. The highest BCUT2D eigenvalue weighted by Gasteiger charge is 2.29. The summed E-state index contributed by atoms with van der Waals surface area (Å²) >= 11 is 0. The summed E-state index contributed by atoms with van der Waals surface area (Å²) in [6.07, 6.45) is 6.60. The Morgan fingerprint density at radius 2 is 1.92 bits per heavy atom. The summed E-state index contributed by atoms with van der Waals surface area (Å²) in [5.41, 5.74) is 0.501. The Balaban J connectivity index is 2.45. The molecule has 2 nitrogen and oxygen atoms in total. The highest BCUT2D eigenvalue weighted by Crippen LogP contribution is 2.39. The highest BCUT2D eigenvalue weighted by atomic mass is 16.1. The van der Waals surface area contributed by atoms with E-state index in [1.807, 2.05) is 6.92 Å². The molecule has 0 N–H and O–H groups in total. The van der Waals surface area contributed by atoms with Crippen LogP contribution < -0.4 is 0 Å². The summed E-state index contributed by atoms with van der Waals surface area (Å²) in [5.74, 6) is 0.606. The maximum atomic E-state index is 10.1. The third kappa shape index (κ3) is 2.96. The van der Waals surface area contributed by atoms with Gasteiger partial charge in [0.2, 0.25) is 6.08 Å². The molecule has 0 bridgehead atoms. The third-order valence-corrected chi connectivity index (χ3v) is 3.32. The lowest BCUT2D eigenvalue weighted by Crippen LogP contribution is -2.26. The second-order valence-corrected chi connectivity index (χ2v) is 4.96. The topological polar surface area (TPSA) is 29.4 Å². The average Bonchev–Trinajstić information content (AvgIpc) is 2.04. The van der Waals surface area contributed by atoms with Gasteiger partial charge < -0.3 is 0 Å². The van der Waals surface area contributed by atoms with Crippen LogP contribution in [0.5, 0.6) is 0 Å². The van der Waals surface area contributed by atoms with Gasteiger partial charge >= 0.3 is 0 Å². The molecule has 0 spiro atoms. The van der Waals surface area contributed by atoms with Gasteiger partial charge in [-0.05, 0) is 43.9 Å². The lowest BCUT2D eigenvalue weighted by atomic mass is 9.71. The lowest BCUT2D eigenvalue weighted by molar-refractivity contribution is 0.178. The molecule has 1 aliphatic rings. The second-order valence-electron chi connectivity index (χ2n) is 4.96. The molecule has 0 radical (unpaired) electrons. The molecule has 1 fully saturated rings. The Bertz CT molecular complexity index is 206. The van der Waals surface area contributed by atoms with E-state index in [-0.39, 0.29) is 6.04 Å². The van der Waals surface area contributed by atoms with Gasteiger partial charge in [0.1, 0.15) is 0 Å². The van der Waals surface area contributed by atoms with Crippen LogP contribution >= 0.6 is 0 Å². The van der Waals surface area contributed by atoms with E-state index in [1.54, 1.807) is 6.08 Å². The van der Waals surface area contributed by atoms with Crippen molar-refractivity contribution in [1.29, 1.82) is 0 Å². The van der Waals surface area contributed by atoms with Gasteiger partial charge in [-0.1, -0.05) is 13.8 Å². The molecule has 1 saturated carbocycles. The van der Waals surface area contributed by atoms with Crippen molar-refractivity contribution in [3.8, 4) is 0 Å². The summed E-state index contributed by atoms with van der Waals surface area (Å²) < 4.78 is 0. The molecule has 1 atom stereocenters. The van der Waals surface area contributed by atoms with E-state index in [0.29, 0.717) is 11.3 Å². The van der Waals surface area contributed by atoms with Crippen LogP contribution in [0, 0.1) is 11.3 Å². The van der Waals surface area contributed by atoms with Gasteiger partial charge in [0, 0.05) is 0 Å². The van der Waals surface area contributed by atoms with Crippen LogP contribution in [0.25, 0.3) is 0 Å². The van der Waals surface area contributed by atoms with Gasteiger partial charge in [0.05, 0.1) is 6.04 Å². The fourth-order valence-corrected chi connectivity index (χ4v) is 2.09. The van der Waals surface area contributed by atoms with Crippen LogP contribution in [-0.2, 0) is 4.79 Å². The van der Waals surface area contributed by atoms with Crippen molar-refractivity contribution in [2.75, 3.05) is 0 Å². The largest absolute Gasteiger partial charge is 0.235 e. The second kappa shape index (κ2) is 4.06. The molecular weight excluding hydrogens is 162 g/mol. The maximum Gasteiger partial charge on any atom is 0.235 e. The van der Waals surface area contributed by atoms with E-state index in [1.165, 1.54) is 25.7 Å². The normalized spacial score (nSPS) is 24.8. The molecule has 1 rings (SSSR count). The van der Waals surface area contributed by atoms with Crippen molar-refractivity contribution < 1.29 is 4.79 Å². The van der Waals surface area contributed by atoms with Crippen molar-refractivity contribution in [2.45, 2.75) is 52.5 Å². The summed E-state index contributed by atoms with van der Waals surface area (Å²) in [5, 5.41) is 0. The lowest BCUT2D eigenvalue weighted by Gasteiger charge is -2.35. The number of carbonyl (C=O) groups excluding carboxylic acids is 1. The number of isocyanates is 1. The fourth-order valence-electron chi connectivity index (χ4n) is 2.09. The van der Waals surface area contributed by atoms with E-state index in [2.05, 4.69) is 18.8 Å². The van der Waals surface area contributed by atoms with E-state index in [4.69, 9.17) is 0 Å². The van der Waals surface area contributed by atoms with Crippen LogP contribution in [0.1, 0.15) is 46.5 Å². The maximum absolute atomic E-state index is 10.1. The van der Waals surface area contributed by atoms with Crippen molar-refractivity contribution in [3.05, 3.63) is 0 Å². The van der Waals surface area contributed by atoms with Gasteiger partial charge in [-0.25, -0.2) is 9.79 Å². The number of aliphatic imine (C=N–C) groups is 1. The van der Waals surface area contributed by atoms with E-state index < -0.39 is 0 Å². The predicted octanol–water partition coefficient (Wildman–Crippen LogP) is 2.93. The molecule has 0 aromatic heterocycles. The average molecular weight is 181 g/mol. The molecule has 0 heterocycles. The van der Waals surface area contributed by atoms with Gasteiger partial charge in [-0.3, -0.25) is 0 Å². The van der Waals surface area contributed by atoms with Crippen molar-refractivity contribution in [1.82, 2.24) is 0 Å². The van der Waals surface area contributed by atoms with Crippen molar-refractivity contribution in [2.24, 2.45) is 16.3 Å². The minimum atomic E-state index is 0.175. The van der Waals surface area contributed by atoms with Crippen molar-refractivity contribution in [3.63, 3.8) is 0 Å². The first-order valence-corrected chi connectivity index (χ1v) is 5.12. The molecule has 2 heteroatoms. The summed E-state index contributed by atoms with van der Waals surface area (Å²) in [6, 6.07) is 0.175. The molecule has 0 aromatic carbocycles. The highest BCUT2D eigenvalue weighted by molar-refractivity contribution is 5.33. The van der Waals surface area contributed by atoms with Crippen molar-refractivity contribution >= 4 is 6.08 Å². The Kier molecular flexibility index (Phi) is 3.27. The minimum Gasteiger partial charge on any atom is -0.211 e. The molecule has 1 aliphatic carbocycles. The molecule has 0 aromatic rings. The Morgan fingerprint density at radius 1 is 1.38 bits per heavy atom. The van der Waals surface area contributed by atoms with Gasteiger partial charge in [-0.15, -0.1) is 0 Å². The van der Waals surface area contributed by atoms with E-state index >= 15 is 0 Å². The van der Waals surface area contributed by atoms with Gasteiger partial charge in [0.25, 0.3) is 0 Å². The molecule has 0 saturated heterocycles. The summed E-state index contributed by atoms with van der Waals surface area (Å²) in [7, 11) is 0. The molecule has 13 heavy (non-hydrogen) atoms. The zero-order valence-corrected chi connectivity index (χ0v) is 8.84. The third-order valence-electron chi connectivity index (χ3n) is 3.32. The van der Waals surface area contributed by atoms with Crippen LogP contribution in [-0.4, -0.2) is 12.1 Å². The summed E-state index contributed by atoms with van der Waals surface area (Å²) in [6.45, 7) is 6.65. The zero-order chi connectivity index (χ0) is 9.90. The first kappa shape index (κ1) is 10.5. The van der Waals surface area contributed by atoms with Gasteiger partial charge in [-0.2, -0.15) is 0 Å². The minimum absolute atomic E-state index is 0.175. The molecular formula is C11H19NO. The summed E-state index contributed by atoms with van der Waals surface area (Å²) in [4.78, 5) is 13.9. The Morgan fingerprint density at radius 3 is 2.38 bits per heavy atom. The number of hydrogen-bond donors (Lipinski definition) is 0. The fraction of sp³-hybridized carbons (Fsp3) is 0.909. The Hall–Kier alpha value is -0.620. The van der Waals surface area contributed by atoms with Crippen LogP contribution in [0.3, 0.4) is 0 Å². The van der Waals surface area contributed by atoms with E-state index in [9.17, 15) is 4.79 Å². The monoisotopic (exact) mass is 181 g/mol. The molecule has 0 aliphatic heterocycles. The molecule has 0 amide bonds. The van der Waals surface area contributed by atoms with Gasteiger partial charge in [0.15, 0.2) is 0 Å². The quantitative estimate of drug-likeness (QED) is 0.475. The molecule has 1 unspecified atom stereocenters. The zero-order valence-electron chi connectivity index (χ0n) is 8.84. The first-order chi connectivity index (χ1) is 6.05. The Labute approximate surface area is 80.4 Å². The van der Waals surface area contributed by atoms with Crippen LogP contribution in [0.15, 0.2) is 4.99 Å². The smallest absolute Gasteiger partial charge is 0.211 e. The number of rotatable bonds is 2. The molecule has 74 valence electrons. The van der Waals surface area contributed by atoms with Crippen LogP contribution in [0.4, 0.5) is 0 Å². The van der Waals surface area contributed by atoms with Crippen LogP contribution in [0.2, 0.25) is 0 Å².